The largest absolute Gasteiger partial charge is 0.368 e. The number of aryl methyl sites for hydroxylation is 1. The highest BCUT2D eigenvalue weighted by molar-refractivity contribution is 5.94. The Labute approximate surface area is 166 Å². The van der Waals surface area contributed by atoms with Gasteiger partial charge in [-0.3, -0.25) is 9.48 Å². The fourth-order valence-electron chi connectivity index (χ4n) is 3.80. The van der Waals surface area contributed by atoms with Crippen molar-refractivity contribution in [2.24, 2.45) is 0 Å². The molecule has 1 aliphatic rings. The van der Waals surface area contributed by atoms with Crippen molar-refractivity contribution in [1.82, 2.24) is 14.7 Å². The number of piperazine rings is 1. The van der Waals surface area contributed by atoms with E-state index in [0.717, 1.165) is 30.8 Å². The van der Waals surface area contributed by atoms with Gasteiger partial charge in [-0.05, 0) is 49.7 Å². The molecule has 0 N–H and O–H groups in total. The second-order valence-electron chi connectivity index (χ2n) is 7.53. The van der Waals surface area contributed by atoms with Crippen LogP contribution in [0.1, 0.15) is 28.4 Å². The van der Waals surface area contributed by atoms with Crippen molar-refractivity contribution in [2.45, 2.75) is 26.4 Å². The second-order valence-corrected chi connectivity index (χ2v) is 7.53. The molecule has 1 saturated heterocycles. The van der Waals surface area contributed by atoms with Crippen LogP contribution in [-0.4, -0.2) is 46.3 Å². The molecule has 0 radical (unpaired) electrons. The minimum absolute atomic E-state index is 0.110. The molecule has 5 heteroatoms. The van der Waals surface area contributed by atoms with Crippen molar-refractivity contribution in [3.63, 3.8) is 0 Å². The molecule has 2 heterocycles. The van der Waals surface area contributed by atoms with Crippen LogP contribution in [0.2, 0.25) is 0 Å². The monoisotopic (exact) mass is 374 g/mol. The lowest BCUT2D eigenvalue weighted by molar-refractivity contribution is 0.0674. The fraction of sp³-hybridized carbons (Fsp3) is 0.304. The molecule has 2 aromatic carbocycles. The van der Waals surface area contributed by atoms with Crippen LogP contribution in [0.4, 0.5) is 5.69 Å². The summed E-state index contributed by atoms with van der Waals surface area (Å²) in [4.78, 5) is 17.5. The topological polar surface area (TPSA) is 41.4 Å². The molecule has 0 aliphatic carbocycles. The van der Waals surface area contributed by atoms with Crippen molar-refractivity contribution in [3.8, 4) is 0 Å². The van der Waals surface area contributed by atoms with Crippen molar-refractivity contribution in [2.75, 3.05) is 24.5 Å². The Kier molecular flexibility index (Phi) is 5.15. The number of rotatable bonds is 4. The lowest BCUT2D eigenvalue weighted by atomic mass is 10.1. The van der Waals surface area contributed by atoms with Crippen LogP contribution in [0.25, 0.3) is 0 Å². The molecule has 1 fully saturated rings. The van der Waals surface area contributed by atoms with Crippen LogP contribution in [0.15, 0.2) is 67.0 Å². The van der Waals surface area contributed by atoms with Crippen LogP contribution in [-0.2, 0) is 6.54 Å². The summed E-state index contributed by atoms with van der Waals surface area (Å²) in [5.41, 5.74) is 4.33. The van der Waals surface area contributed by atoms with Crippen LogP contribution >= 0.6 is 0 Å². The number of aromatic nitrogens is 2. The Morgan fingerprint density at radius 3 is 2.64 bits per heavy atom. The lowest BCUT2D eigenvalue weighted by Gasteiger charge is -2.41. The van der Waals surface area contributed by atoms with Gasteiger partial charge in [0.2, 0.25) is 0 Å². The molecular weight excluding hydrogens is 348 g/mol. The van der Waals surface area contributed by atoms with E-state index in [2.05, 4.69) is 48.1 Å². The zero-order chi connectivity index (χ0) is 19.5. The lowest BCUT2D eigenvalue weighted by Crippen LogP contribution is -2.54. The molecule has 4 rings (SSSR count). The predicted octanol–water partition coefficient (Wildman–Crippen LogP) is 3.59. The highest BCUT2D eigenvalue weighted by Crippen LogP contribution is 2.21. The van der Waals surface area contributed by atoms with E-state index in [1.165, 1.54) is 11.3 Å². The third-order valence-electron chi connectivity index (χ3n) is 5.37. The first-order valence-electron chi connectivity index (χ1n) is 9.79. The van der Waals surface area contributed by atoms with Gasteiger partial charge in [0.1, 0.15) is 0 Å². The number of nitrogens with zero attached hydrogens (tertiary/aromatic N) is 4. The number of hydrogen-bond donors (Lipinski definition) is 0. The van der Waals surface area contributed by atoms with Crippen molar-refractivity contribution in [3.05, 3.63) is 83.7 Å². The minimum Gasteiger partial charge on any atom is -0.368 e. The minimum atomic E-state index is 0.110. The van der Waals surface area contributed by atoms with Crippen LogP contribution in [0.3, 0.4) is 0 Å². The average Bonchev–Trinajstić information content (AvgIpc) is 3.21. The molecule has 5 nitrogen and oxygen atoms in total. The maximum absolute atomic E-state index is 13.1. The SMILES string of the molecule is Cc1ccc(N2CCN(C(=O)c3cccc(Cn4cccn4)c3)C(C)C2)cc1. The van der Waals surface area contributed by atoms with Gasteiger partial charge in [-0.2, -0.15) is 5.10 Å². The summed E-state index contributed by atoms with van der Waals surface area (Å²) >= 11 is 0. The fourth-order valence-corrected chi connectivity index (χ4v) is 3.80. The molecule has 0 saturated carbocycles. The van der Waals surface area contributed by atoms with E-state index in [1.807, 2.05) is 46.1 Å². The van der Waals surface area contributed by atoms with Gasteiger partial charge in [0.05, 0.1) is 6.54 Å². The Morgan fingerprint density at radius 1 is 1.11 bits per heavy atom. The number of anilines is 1. The van der Waals surface area contributed by atoms with Gasteiger partial charge in [0, 0.05) is 49.3 Å². The highest BCUT2D eigenvalue weighted by Gasteiger charge is 2.28. The average molecular weight is 374 g/mol. The second kappa shape index (κ2) is 7.89. The van der Waals surface area contributed by atoms with Crippen LogP contribution in [0.5, 0.6) is 0 Å². The van der Waals surface area contributed by atoms with E-state index in [-0.39, 0.29) is 11.9 Å². The van der Waals surface area contributed by atoms with Gasteiger partial charge < -0.3 is 9.80 Å². The Hall–Kier alpha value is -3.08. The van der Waals surface area contributed by atoms with Crippen molar-refractivity contribution < 1.29 is 4.79 Å². The standard InChI is InChI=1S/C23H26N4O/c1-18-7-9-22(10-8-18)25-13-14-27(19(2)16-25)23(28)21-6-3-5-20(15-21)17-26-12-4-11-24-26/h3-12,15,19H,13-14,16-17H2,1-2H3. The van der Waals surface area contributed by atoms with Gasteiger partial charge in [-0.15, -0.1) is 0 Å². The summed E-state index contributed by atoms with van der Waals surface area (Å²) in [6, 6.07) is 18.6. The quantitative estimate of drug-likeness (QED) is 0.701. The first kappa shape index (κ1) is 18.3. The number of carbonyl (C=O) groups excluding carboxylic acids is 1. The summed E-state index contributed by atoms with van der Waals surface area (Å²) in [6.07, 6.45) is 3.70. The summed E-state index contributed by atoms with van der Waals surface area (Å²) in [6.45, 7) is 7.34. The first-order chi connectivity index (χ1) is 13.6. The van der Waals surface area contributed by atoms with Gasteiger partial charge in [0.25, 0.3) is 5.91 Å². The summed E-state index contributed by atoms with van der Waals surface area (Å²) < 4.78 is 1.87. The van der Waals surface area contributed by atoms with E-state index in [4.69, 9.17) is 0 Å². The molecule has 1 amide bonds. The van der Waals surface area contributed by atoms with Crippen LogP contribution < -0.4 is 4.90 Å². The molecule has 1 aromatic heterocycles. The van der Waals surface area contributed by atoms with E-state index in [9.17, 15) is 4.79 Å². The highest BCUT2D eigenvalue weighted by atomic mass is 16.2. The zero-order valence-electron chi connectivity index (χ0n) is 16.5. The molecule has 28 heavy (non-hydrogen) atoms. The molecule has 1 unspecified atom stereocenters. The first-order valence-corrected chi connectivity index (χ1v) is 9.79. The smallest absolute Gasteiger partial charge is 0.254 e. The Bertz CT molecular complexity index is 934. The number of hydrogen-bond acceptors (Lipinski definition) is 3. The Morgan fingerprint density at radius 2 is 1.93 bits per heavy atom. The molecule has 1 aliphatic heterocycles. The predicted molar refractivity (Wildman–Crippen MR) is 112 cm³/mol. The third kappa shape index (κ3) is 3.93. The maximum atomic E-state index is 13.1. The van der Waals surface area contributed by atoms with Crippen LogP contribution in [0, 0.1) is 6.92 Å². The molecule has 1 atom stereocenters. The molecule has 144 valence electrons. The van der Waals surface area contributed by atoms with Crippen molar-refractivity contribution >= 4 is 11.6 Å². The van der Waals surface area contributed by atoms with E-state index in [0.29, 0.717) is 6.54 Å². The number of carbonyl (C=O) groups is 1. The third-order valence-corrected chi connectivity index (χ3v) is 5.37. The van der Waals surface area contributed by atoms with E-state index in [1.54, 1.807) is 6.20 Å². The zero-order valence-corrected chi connectivity index (χ0v) is 16.5. The molecule has 0 spiro atoms. The molecular formula is C23H26N4O. The maximum Gasteiger partial charge on any atom is 0.254 e. The van der Waals surface area contributed by atoms with Crippen molar-refractivity contribution in [1.29, 1.82) is 0 Å². The van der Waals surface area contributed by atoms with Gasteiger partial charge in [0.15, 0.2) is 0 Å². The Balaban J connectivity index is 1.44. The summed E-state index contributed by atoms with van der Waals surface area (Å²) in [5, 5.41) is 4.25. The normalized spacial score (nSPS) is 17.0. The number of benzene rings is 2. The number of amides is 1. The van der Waals surface area contributed by atoms with Gasteiger partial charge in [-0.1, -0.05) is 29.8 Å². The van der Waals surface area contributed by atoms with Gasteiger partial charge in [-0.25, -0.2) is 0 Å². The summed E-state index contributed by atoms with van der Waals surface area (Å²) in [5.74, 6) is 0.110. The van der Waals surface area contributed by atoms with Gasteiger partial charge >= 0.3 is 0 Å². The van der Waals surface area contributed by atoms with E-state index >= 15 is 0 Å². The van der Waals surface area contributed by atoms with E-state index < -0.39 is 0 Å². The summed E-state index contributed by atoms with van der Waals surface area (Å²) in [7, 11) is 0. The molecule has 0 bridgehead atoms. The molecule has 3 aromatic rings.